The molecule has 0 saturated carbocycles. The molecule has 2 atom stereocenters. The van der Waals surface area contributed by atoms with Gasteiger partial charge in [0.25, 0.3) is 0 Å². The van der Waals surface area contributed by atoms with E-state index in [4.69, 9.17) is 13.9 Å². The van der Waals surface area contributed by atoms with E-state index in [0.717, 1.165) is 43.9 Å². The van der Waals surface area contributed by atoms with Crippen LogP contribution < -0.4 is 0 Å². The van der Waals surface area contributed by atoms with Gasteiger partial charge in [-0.25, -0.2) is 0 Å². The van der Waals surface area contributed by atoms with E-state index < -0.39 is 0 Å². The van der Waals surface area contributed by atoms with Crippen molar-refractivity contribution in [2.45, 2.75) is 38.9 Å². The third-order valence-corrected chi connectivity index (χ3v) is 3.73. The summed E-state index contributed by atoms with van der Waals surface area (Å²) in [5.74, 6) is 2.02. The molecule has 1 aromatic heterocycles. The van der Waals surface area contributed by atoms with Crippen LogP contribution in [0.3, 0.4) is 0 Å². The zero-order valence-corrected chi connectivity index (χ0v) is 12.3. The highest BCUT2D eigenvalue weighted by molar-refractivity contribution is 5.60. The minimum absolute atomic E-state index is 0.143. The molecule has 1 saturated heterocycles. The van der Waals surface area contributed by atoms with Gasteiger partial charge in [-0.15, -0.1) is 10.2 Å². The quantitative estimate of drug-likeness (QED) is 0.825. The lowest BCUT2D eigenvalue weighted by atomic mass is 10.1. The first-order valence-electron chi connectivity index (χ1n) is 7.14. The Kier molecular flexibility index (Phi) is 3.76. The molecule has 2 aliphatic heterocycles. The lowest BCUT2D eigenvalue weighted by Crippen LogP contribution is -2.40. The molecule has 0 bridgehead atoms. The molecule has 1 fully saturated rings. The van der Waals surface area contributed by atoms with Gasteiger partial charge in [-0.1, -0.05) is 0 Å². The summed E-state index contributed by atoms with van der Waals surface area (Å²) in [7, 11) is 2.07. The fraction of sp³-hybridized carbons (Fsp3) is 0.714. The van der Waals surface area contributed by atoms with Crippen molar-refractivity contribution in [3.05, 3.63) is 17.5 Å². The fourth-order valence-corrected chi connectivity index (χ4v) is 2.78. The van der Waals surface area contributed by atoms with Crippen molar-refractivity contribution in [2.24, 2.45) is 0 Å². The second kappa shape index (κ2) is 5.54. The van der Waals surface area contributed by atoms with Gasteiger partial charge in [0.2, 0.25) is 11.8 Å². The average Bonchev–Trinajstić information content (AvgIpc) is 2.87. The van der Waals surface area contributed by atoms with Gasteiger partial charge in [-0.2, -0.15) is 0 Å². The first kappa shape index (κ1) is 13.6. The van der Waals surface area contributed by atoms with E-state index in [2.05, 4.69) is 29.1 Å². The van der Waals surface area contributed by atoms with Crippen molar-refractivity contribution >= 4 is 5.57 Å². The van der Waals surface area contributed by atoms with Crippen molar-refractivity contribution in [1.29, 1.82) is 0 Å². The van der Waals surface area contributed by atoms with E-state index in [1.165, 1.54) is 0 Å². The number of nitrogens with zero attached hydrogens (tertiary/aromatic N) is 3. The van der Waals surface area contributed by atoms with Crippen LogP contribution in [-0.4, -0.2) is 47.9 Å². The molecule has 0 radical (unpaired) electrons. The largest absolute Gasteiger partial charge is 0.498 e. The van der Waals surface area contributed by atoms with Crippen LogP contribution in [0.2, 0.25) is 0 Å². The van der Waals surface area contributed by atoms with Gasteiger partial charge in [0, 0.05) is 13.1 Å². The summed E-state index contributed by atoms with van der Waals surface area (Å²) in [5.41, 5.74) is 1.02. The van der Waals surface area contributed by atoms with Crippen LogP contribution >= 0.6 is 0 Å². The number of likely N-dealkylation sites (N-methyl/N-ethyl adjacent to an activating group) is 1. The molecule has 1 aromatic rings. The minimum atomic E-state index is -0.143. The predicted molar refractivity (Wildman–Crippen MR) is 72.9 cm³/mol. The monoisotopic (exact) mass is 279 g/mol. The number of hydrogen-bond donors (Lipinski definition) is 0. The Labute approximate surface area is 118 Å². The number of allylic oxidation sites excluding steroid dienone is 2. The molecule has 0 unspecified atom stereocenters. The summed E-state index contributed by atoms with van der Waals surface area (Å²) >= 11 is 0. The standard InChI is InChI=1S/C14H21N3O3/c1-9-7-17(3)8-12(19-9)14-16-15-13(20-14)11-5-4-6-18-10(11)2/h9,12H,4-8H2,1-3H3/t9-,12-/m1/s1. The van der Waals surface area contributed by atoms with E-state index in [1.54, 1.807) is 0 Å². The smallest absolute Gasteiger partial charge is 0.247 e. The van der Waals surface area contributed by atoms with E-state index in [1.807, 2.05) is 6.92 Å². The number of rotatable bonds is 2. The van der Waals surface area contributed by atoms with Gasteiger partial charge in [0.1, 0.15) is 11.9 Å². The summed E-state index contributed by atoms with van der Waals surface area (Å²) in [4.78, 5) is 2.22. The topological polar surface area (TPSA) is 60.6 Å². The Morgan fingerprint density at radius 1 is 1.25 bits per heavy atom. The van der Waals surface area contributed by atoms with Crippen molar-refractivity contribution in [3.63, 3.8) is 0 Å². The van der Waals surface area contributed by atoms with Crippen molar-refractivity contribution < 1.29 is 13.9 Å². The molecule has 6 nitrogen and oxygen atoms in total. The molecule has 6 heteroatoms. The number of morpholine rings is 1. The molecule has 0 spiro atoms. The molecule has 3 rings (SSSR count). The Morgan fingerprint density at radius 2 is 2.10 bits per heavy atom. The van der Waals surface area contributed by atoms with E-state index in [0.29, 0.717) is 11.8 Å². The van der Waals surface area contributed by atoms with E-state index >= 15 is 0 Å². The summed E-state index contributed by atoms with van der Waals surface area (Å²) < 4.78 is 17.2. The van der Waals surface area contributed by atoms with Gasteiger partial charge in [0.15, 0.2) is 0 Å². The van der Waals surface area contributed by atoms with Gasteiger partial charge in [-0.05, 0) is 33.7 Å². The van der Waals surface area contributed by atoms with Crippen LogP contribution in [0.15, 0.2) is 10.2 Å². The SMILES string of the molecule is CC1=C(c2nnc([C@H]3CN(C)C[C@@H](C)O3)o2)CCCO1. The minimum Gasteiger partial charge on any atom is -0.498 e. The zero-order chi connectivity index (χ0) is 14.1. The number of hydrogen-bond acceptors (Lipinski definition) is 6. The van der Waals surface area contributed by atoms with Crippen molar-refractivity contribution in [1.82, 2.24) is 15.1 Å². The van der Waals surface area contributed by atoms with Gasteiger partial charge in [0.05, 0.1) is 18.3 Å². The lowest BCUT2D eigenvalue weighted by Gasteiger charge is -2.32. The lowest BCUT2D eigenvalue weighted by molar-refractivity contribution is -0.0824. The molecule has 3 heterocycles. The predicted octanol–water partition coefficient (Wildman–Crippen LogP) is 2.00. The highest BCUT2D eigenvalue weighted by Gasteiger charge is 2.29. The zero-order valence-electron chi connectivity index (χ0n) is 12.3. The van der Waals surface area contributed by atoms with Crippen molar-refractivity contribution in [3.8, 4) is 0 Å². The molecule has 20 heavy (non-hydrogen) atoms. The second-order valence-corrected chi connectivity index (χ2v) is 5.59. The summed E-state index contributed by atoms with van der Waals surface area (Å²) in [5, 5.41) is 8.32. The molecule has 0 amide bonds. The van der Waals surface area contributed by atoms with E-state index in [-0.39, 0.29) is 12.2 Å². The first-order valence-corrected chi connectivity index (χ1v) is 7.14. The molecule has 0 N–H and O–H groups in total. The van der Waals surface area contributed by atoms with Gasteiger partial charge < -0.3 is 18.8 Å². The van der Waals surface area contributed by atoms with E-state index in [9.17, 15) is 0 Å². The Bertz CT molecular complexity index is 502. The highest BCUT2D eigenvalue weighted by Crippen LogP contribution is 2.30. The average molecular weight is 279 g/mol. The third-order valence-electron chi connectivity index (χ3n) is 3.73. The number of aromatic nitrogens is 2. The van der Waals surface area contributed by atoms with Crippen LogP contribution in [0.5, 0.6) is 0 Å². The summed E-state index contributed by atoms with van der Waals surface area (Å²) in [6, 6.07) is 0. The Balaban J connectivity index is 1.80. The van der Waals surface area contributed by atoms with Crippen LogP contribution in [-0.2, 0) is 9.47 Å². The molecule has 0 aromatic carbocycles. The molecule has 2 aliphatic rings. The summed E-state index contributed by atoms with van der Waals surface area (Å²) in [6.07, 6.45) is 1.95. The van der Waals surface area contributed by atoms with Crippen LogP contribution in [0.1, 0.15) is 44.6 Å². The normalized spacial score (nSPS) is 28.6. The van der Waals surface area contributed by atoms with Crippen LogP contribution in [0.25, 0.3) is 5.57 Å². The molecular weight excluding hydrogens is 258 g/mol. The van der Waals surface area contributed by atoms with Gasteiger partial charge >= 0.3 is 0 Å². The molecule has 110 valence electrons. The molecule has 0 aliphatic carbocycles. The van der Waals surface area contributed by atoms with Crippen molar-refractivity contribution in [2.75, 3.05) is 26.7 Å². The maximum Gasteiger partial charge on any atom is 0.247 e. The van der Waals surface area contributed by atoms with Gasteiger partial charge in [-0.3, -0.25) is 0 Å². The van der Waals surface area contributed by atoms with Crippen LogP contribution in [0, 0.1) is 0 Å². The first-order chi connectivity index (χ1) is 9.63. The molecular formula is C14H21N3O3. The maximum atomic E-state index is 5.89. The highest BCUT2D eigenvalue weighted by atomic mass is 16.5. The summed E-state index contributed by atoms with van der Waals surface area (Å²) in [6.45, 7) is 6.48. The number of ether oxygens (including phenoxy) is 2. The third kappa shape index (κ3) is 2.71. The Morgan fingerprint density at radius 3 is 2.85 bits per heavy atom. The second-order valence-electron chi connectivity index (χ2n) is 5.59. The fourth-order valence-electron chi connectivity index (χ4n) is 2.78. The Hall–Kier alpha value is -1.40. The maximum absolute atomic E-state index is 5.89. The van der Waals surface area contributed by atoms with Crippen LogP contribution in [0.4, 0.5) is 0 Å².